The first-order valence-corrected chi connectivity index (χ1v) is 8.83. The standard InChI is InChI=1S/C18H26N4O4/c1-4-26-18(25)22-10-8-21(9-11-22)12-16(23)20-17(24)19-15-7-5-6-13(2)14(15)3/h5-7H,4,8-12H2,1-3H3,(H2,19,20,23,24)/p+1. The minimum Gasteiger partial charge on any atom is -0.450 e. The van der Waals surface area contributed by atoms with E-state index in [1.165, 1.54) is 0 Å². The lowest BCUT2D eigenvalue weighted by atomic mass is 10.1. The average molecular weight is 363 g/mol. The van der Waals surface area contributed by atoms with E-state index < -0.39 is 6.03 Å². The highest BCUT2D eigenvalue weighted by molar-refractivity contribution is 6.01. The lowest BCUT2D eigenvalue weighted by Gasteiger charge is -2.31. The summed E-state index contributed by atoms with van der Waals surface area (Å²) in [4.78, 5) is 38.4. The zero-order valence-corrected chi connectivity index (χ0v) is 15.6. The van der Waals surface area contributed by atoms with E-state index in [2.05, 4.69) is 10.6 Å². The van der Waals surface area contributed by atoms with Crippen molar-refractivity contribution in [2.24, 2.45) is 0 Å². The summed E-state index contributed by atoms with van der Waals surface area (Å²) in [6.07, 6.45) is -0.316. The molecule has 0 bridgehead atoms. The number of aryl methyl sites for hydroxylation is 1. The maximum atomic E-state index is 12.1. The van der Waals surface area contributed by atoms with Gasteiger partial charge in [0.25, 0.3) is 5.91 Å². The van der Waals surface area contributed by atoms with E-state index in [9.17, 15) is 14.4 Å². The van der Waals surface area contributed by atoms with Crippen LogP contribution < -0.4 is 15.5 Å². The molecule has 0 atom stereocenters. The molecule has 8 nitrogen and oxygen atoms in total. The molecule has 1 heterocycles. The van der Waals surface area contributed by atoms with E-state index in [1.807, 2.05) is 26.0 Å². The summed E-state index contributed by atoms with van der Waals surface area (Å²) in [5.41, 5.74) is 2.72. The van der Waals surface area contributed by atoms with Gasteiger partial charge in [0.1, 0.15) is 0 Å². The molecule has 0 radical (unpaired) electrons. The Morgan fingerprint density at radius 2 is 1.88 bits per heavy atom. The first kappa shape index (κ1) is 19.7. The van der Waals surface area contributed by atoms with E-state index in [-0.39, 0.29) is 18.5 Å². The molecule has 0 unspecified atom stereocenters. The van der Waals surface area contributed by atoms with E-state index in [1.54, 1.807) is 17.9 Å². The maximum absolute atomic E-state index is 12.1. The summed E-state index contributed by atoms with van der Waals surface area (Å²) in [5, 5.41) is 5.07. The van der Waals surface area contributed by atoms with Gasteiger partial charge in [-0.05, 0) is 38.0 Å². The van der Waals surface area contributed by atoms with Gasteiger partial charge in [-0.3, -0.25) is 15.0 Å². The van der Waals surface area contributed by atoms with Crippen LogP contribution in [0.5, 0.6) is 0 Å². The molecular formula is C18H27N4O4+. The molecular weight excluding hydrogens is 336 g/mol. The second kappa shape index (κ2) is 9.19. The largest absolute Gasteiger partial charge is 0.450 e. The minimum absolute atomic E-state index is 0.191. The van der Waals surface area contributed by atoms with E-state index in [0.717, 1.165) is 16.0 Å². The zero-order valence-electron chi connectivity index (χ0n) is 15.6. The molecule has 0 aromatic heterocycles. The van der Waals surface area contributed by atoms with E-state index >= 15 is 0 Å². The highest BCUT2D eigenvalue weighted by Gasteiger charge is 2.26. The van der Waals surface area contributed by atoms with Crippen molar-refractivity contribution in [3.8, 4) is 0 Å². The number of carbonyl (C=O) groups excluding carboxylic acids is 3. The molecule has 1 fully saturated rings. The Kier molecular flexibility index (Phi) is 6.97. The topological polar surface area (TPSA) is 92.2 Å². The second-order valence-corrected chi connectivity index (χ2v) is 6.36. The summed E-state index contributed by atoms with van der Waals surface area (Å²) in [7, 11) is 0. The van der Waals surface area contributed by atoms with Crippen LogP contribution in [0.25, 0.3) is 0 Å². The number of hydrogen-bond acceptors (Lipinski definition) is 4. The van der Waals surface area contributed by atoms with E-state index in [0.29, 0.717) is 38.5 Å². The van der Waals surface area contributed by atoms with Crippen molar-refractivity contribution in [3.05, 3.63) is 29.3 Å². The van der Waals surface area contributed by atoms with Crippen LogP contribution in [0.1, 0.15) is 18.1 Å². The van der Waals surface area contributed by atoms with Crippen molar-refractivity contribution in [3.63, 3.8) is 0 Å². The van der Waals surface area contributed by atoms with Gasteiger partial charge in [-0.25, -0.2) is 9.59 Å². The molecule has 1 aromatic carbocycles. The summed E-state index contributed by atoms with van der Waals surface area (Å²) in [6.45, 7) is 8.55. The van der Waals surface area contributed by atoms with Gasteiger partial charge >= 0.3 is 12.1 Å². The Balaban J connectivity index is 1.76. The van der Waals surface area contributed by atoms with Crippen LogP contribution in [0.2, 0.25) is 0 Å². The number of nitrogens with zero attached hydrogens (tertiary/aromatic N) is 1. The molecule has 26 heavy (non-hydrogen) atoms. The second-order valence-electron chi connectivity index (χ2n) is 6.36. The van der Waals surface area contributed by atoms with Crippen LogP contribution in [0.3, 0.4) is 0 Å². The number of urea groups is 1. The molecule has 0 aliphatic carbocycles. The van der Waals surface area contributed by atoms with Crippen LogP contribution in [0, 0.1) is 13.8 Å². The van der Waals surface area contributed by atoms with Crippen molar-refractivity contribution in [2.45, 2.75) is 20.8 Å². The number of piperazine rings is 1. The van der Waals surface area contributed by atoms with Crippen molar-refractivity contribution in [1.29, 1.82) is 0 Å². The molecule has 1 aromatic rings. The van der Waals surface area contributed by atoms with Crippen molar-refractivity contribution < 1.29 is 24.0 Å². The van der Waals surface area contributed by atoms with Crippen LogP contribution in [-0.4, -0.2) is 62.3 Å². The predicted octanol–water partition coefficient (Wildman–Crippen LogP) is 0.309. The first-order valence-electron chi connectivity index (χ1n) is 8.83. The van der Waals surface area contributed by atoms with Gasteiger partial charge in [-0.1, -0.05) is 12.1 Å². The number of imide groups is 1. The number of hydrogen-bond donors (Lipinski definition) is 3. The third-order valence-corrected chi connectivity index (χ3v) is 4.51. The number of quaternary nitrogens is 1. The Morgan fingerprint density at radius 1 is 1.19 bits per heavy atom. The molecule has 0 spiro atoms. The van der Waals surface area contributed by atoms with Gasteiger partial charge in [0.15, 0.2) is 6.54 Å². The molecule has 1 saturated heterocycles. The number of carbonyl (C=O) groups is 3. The quantitative estimate of drug-likeness (QED) is 0.718. The van der Waals surface area contributed by atoms with Crippen LogP contribution in [0.4, 0.5) is 15.3 Å². The molecule has 1 aliphatic heterocycles. The fourth-order valence-corrected chi connectivity index (χ4v) is 2.84. The molecule has 1 aliphatic rings. The normalized spacial score (nSPS) is 14.7. The number of rotatable bonds is 4. The fraction of sp³-hybridized carbons (Fsp3) is 0.500. The highest BCUT2D eigenvalue weighted by atomic mass is 16.6. The number of amides is 4. The lowest BCUT2D eigenvalue weighted by Crippen LogP contribution is -3.15. The number of anilines is 1. The van der Waals surface area contributed by atoms with Gasteiger partial charge in [-0.2, -0.15) is 0 Å². The van der Waals surface area contributed by atoms with Gasteiger partial charge < -0.3 is 15.0 Å². The Labute approximate surface area is 153 Å². The fourth-order valence-electron chi connectivity index (χ4n) is 2.84. The number of benzene rings is 1. The van der Waals surface area contributed by atoms with Crippen LogP contribution >= 0.6 is 0 Å². The Hall–Kier alpha value is -2.61. The molecule has 8 heteroatoms. The maximum Gasteiger partial charge on any atom is 0.410 e. The van der Waals surface area contributed by atoms with Crippen LogP contribution in [-0.2, 0) is 9.53 Å². The molecule has 4 amide bonds. The molecule has 142 valence electrons. The van der Waals surface area contributed by atoms with Gasteiger partial charge in [0.05, 0.1) is 32.8 Å². The van der Waals surface area contributed by atoms with Gasteiger partial charge in [0, 0.05) is 5.69 Å². The average Bonchev–Trinajstić information content (AvgIpc) is 2.59. The smallest absolute Gasteiger partial charge is 0.410 e. The molecule has 3 N–H and O–H groups in total. The zero-order chi connectivity index (χ0) is 19.1. The number of nitrogens with one attached hydrogen (secondary N) is 3. The van der Waals surface area contributed by atoms with Crippen molar-refractivity contribution in [1.82, 2.24) is 10.2 Å². The number of ether oxygens (including phenoxy) is 1. The summed E-state index contributed by atoms with van der Waals surface area (Å²) < 4.78 is 4.97. The van der Waals surface area contributed by atoms with Crippen molar-refractivity contribution >= 4 is 23.7 Å². The monoisotopic (exact) mass is 363 g/mol. The van der Waals surface area contributed by atoms with Crippen molar-refractivity contribution in [2.75, 3.05) is 44.6 Å². The molecule has 0 saturated carbocycles. The Morgan fingerprint density at radius 3 is 2.54 bits per heavy atom. The van der Waals surface area contributed by atoms with E-state index in [4.69, 9.17) is 4.74 Å². The first-order chi connectivity index (χ1) is 12.4. The molecule has 2 rings (SSSR count). The third-order valence-electron chi connectivity index (χ3n) is 4.51. The van der Waals surface area contributed by atoms with Gasteiger partial charge in [0.2, 0.25) is 0 Å². The van der Waals surface area contributed by atoms with Gasteiger partial charge in [-0.15, -0.1) is 0 Å². The summed E-state index contributed by atoms with van der Waals surface area (Å²) in [6, 6.07) is 5.08. The summed E-state index contributed by atoms with van der Waals surface area (Å²) in [5.74, 6) is -0.340. The van der Waals surface area contributed by atoms with Crippen LogP contribution in [0.15, 0.2) is 18.2 Å². The third kappa shape index (κ3) is 5.45. The summed E-state index contributed by atoms with van der Waals surface area (Å²) >= 11 is 0. The SMILES string of the molecule is CCOC(=O)N1CC[NH+](CC(=O)NC(=O)Nc2cccc(C)c2C)CC1. The lowest BCUT2D eigenvalue weighted by molar-refractivity contribution is -0.896. The Bertz CT molecular complexity index is 669. The predicted molar refractivity (Wildman–Crippen MR) is 97.2 cm³/mol. The minimum atomic E-state index is -0.534. The highest BCUT2D eigenvalue weighted by Crippen LogP contribution is 2.17.